The SMILES string of the molecule is C=C.C=C(/C=C\C)CC#N. The molecular weight excluding hydrogens is 122 g/mol. The Morgan fingerprint density at radius 1 is 1.60 bits per heavy atom. The van der Waals surface area contributed by atoms with E-state index in [2.05, 4.69) is 19.7 Å². The molecule has 0 N–H and O–H groups in total. The summed E-state index contributed by atoms with van der Waals surface area (Å²) in [6.07, 6.45) is 4.15. The molecule has 0 amide bonds. The first kappa shape index (κ1) is 11.5. The highest BCUT2D eigenvalue weighted by atomic mass is 14.2. The van der Waals surface area contributed by atoms with Crippen molar-refractivity contribution in [3.05, 3.63) is 37.5 Å². The van der Waals surface area contributed by atoms with Crippen molar-refractivity contribution in [1.82, 2.24) is 0 Å². The van der Waals surface area contributed by atoms with E-state index in [1.807, 2.05) is 25.1 Å². The van der Waals surface area contributed by atoms with Crippen LogP contribution in [0.3, 0.4) is 0 Å². The van der Waals surface area contributed by atoms with E-state index in [0.29, 0.717) is 6.42 Å². The van der Waals surface area contributed by atoms with Crippen LogP contribution in [0.2, 0.25) is 0 Å². The monoisotopic (exact) mass is 135 g/mol. The van der Waals surface area contributed by atoms with Crippen molar-refractivity contribution in [3.63, 3.8) is 0 Å². The number of nitriles is 1. The van der Waals surface area contributed by atoms with Gasteiger partial charge >= 0.3 is 0 Å². The Hall–Kier alpha value is -1.29. The second-order valence-corrected chi connectivity index (χ2v) is 1.49. The molecule has 0 aromatic rings. The van der Waals surface area contributed by atoms with E-state index in [1.54, 1.807) is 0 Å². The van der Waals surface area contributed by atoms with Crippen LogP contribution >= 0.6 is 0 Å². The Balaban J connectivity index is 0. The lowest BCUT2D eigenvalue weighted by molar-refractivity contribution is 1.28. The smallest absolute Gasteiger partial charge is 0.0669 e. The van der Waals surface area contributed by atoms with E-state index in [0.717, 1.165) is 5.57 Å². The van der Waals surface area contributed by atoms with Crippen LogP contribution in [0.1, 0.15) is 13.3 Å². The van der Waals surface area contributed by atoms with Crippen molar-refractivity contribution >= 4 is 0 Å². The molecule has 0 bridgehead atoms. The third kappa shape index (κ3) is 9.86. The maximum Gasteiger partial charge on any atom is 0.0669 e. The molecule has 0 heterocycles. The minimum Gasteiger partial charge on any atom is -0.198 e. The minimum absolute atomic E-state index is 0.435. The number of allylic oxidation sites excluding steroid dienone is 3. The van der Waals surface area contributed by atoms with Gasteiger partial charge in [-0.2, -0.15) is 5.26 Å². The summed E-state index contributed by atoms with van der Waals surface area (Å²) in [5, 5.41) is 8.12. The molecule has 0 aliphatic carbocycles. The van der Waals surface area contributed by atoms with Gasteiger partial charge in [-0.15, -0.1) is 13.2 Å². The molecule has 0 rings (SSSR count). The number of rotatable bonds is 2. The lowest BCUT2D eigenvalue weighted by Gasteiger charge is -1.83. The molecule has 1 heteroatoms. The summed E-state index contributed by atoms with van der Waals surface area (Å²) in [5.74, 6) is 0. The van der Waals surface area contributed by atoms with Gasteiger partial charge in [-0.1, -0.05) is 18.7 Å². The highest BCUT2D eigenvalue weighted by Crippen LogP contribution is 1.96. The predicted octanol–water partition coefficient (Wildman–Crippen LogP) is 2.83. The van der Waals surface area contributed by atoms with Gasteiger partial charge in [0.2, 0.25) is 0 Å². The van der Waals surface area contributed by atoms with Gasteiger partial charge < -0.3 is 0 Å². The highest BCUT2D eigenvalue weighted by molar-refractivity contribution is 5.17. The van der Waals surface area contributed by atoms with Gasteiger partial charge in [0.1, 0.15) is 0 Å². The third-order valence-electron chi connectivity index (χ3n) is 0.708. The zero-order valence-corrected chi connectivity index (χ0v) is 6.43. The second-order valence-electron chi connectivity index (χ2n) is 1.49. The van der Waals surface area contributed by atoms with Gasteiger partial charge in [-0.05, 0) is 12.5 Å². The first-order valence-corrected chi connectivity index (χ1v) is 2.98. The van der Waals surface area contributed by atoms with Crippen molar-refractivity contribution in [2.24, 2.45) is 0 Å². The summed E-state index contributed by atoms with van der Waals surface area (Å²) in [5.41, 5.74) is 0.870. The van der Waals surface area contributed by atoms with Crippen molar-refractivity contribution < 1.29 is 0 Å². The van der Waals surface area contributed by atoms with Crippen LogP contribution in [0.4, 0.5) is 0 Å². The summed E-state index contributed by atoms with van der Waals surface area (Å²) in [7, 11) is 0. The van der Waals surface area contributed by atoms with Crippen molar-refractivity contribution in [3.8, 4) is 6.07 Å². The van der Waals surface area contributed by atoms with Crippen LogP contribution in [0, 0.1) is 11.3 Å². The predicted molar refractivity (Wildman–Crippen MR) is 45.4 cm³/mol. The molecule has 0 atom stereocenters. The molecule has 0 aromatic heterocycles. The third-order valence-corrected chi connectivity index (χ3v) is 0.708. The molecule has 0 saturated heterocycles. The molecule has 54 valence electrons. The topological polar surface area (TPSA) is 23.8 Å². The van der Waals surface area contributed by atoms with Gasteiger partial charge in [-0.25, -0.2) is 0 Å². The fourth-order valence-electron chi connectivity index (χ4n) is 0.396. The first-order valence-electron chi connectivity index (χ1n) is 2.98. The quantitative estimate of drug-likeness (QED) is 0.422. The summed E-state index contributed by atoms with van der Waals surface area (Å²) in [6.45, 7) is 11.5. The maximum atomic E-state index is 8.12. The van der Waals surface area contributed by atoms with E-state index in [9.17, 15) is 0 Å². The maximum absolute atomic E-state index is 8.12. The molecule has 10 heavy (non-hydrogen) atoms. The van der Waals surface area contributed by atoms with Gasteiger partial charge in [-0.3, -0.25) is 0 Å². The van der Waals surface area contributed by atoms with Crippen molar-refractivity contribution in [2.45, 2.75) is 13.3 Å². The van der Waals surface area contributed by atoms with E-state index in [-0.39, 0.29) is 0 Å². The van der Waals surface area contributed by atoms with E-state index in [1.165, 1.54) is 0 Å². The van der Waals surface area contributed by atoms with Gasteiger partial charge in [0.05, 0.1) is 12.5 Å². The Labute approximate surface area is 63.0 Å². The van der Waals surface area contributed by atoms with Crippen molar-refractivity contribution in [2.75, 3.05) is 0 Å². The minimum atomic E-state index is 0.435. The lowest BCUT2D eigenvalue weighted by Crippen LogP contribution is -1.68. The molecule has 0 radical (unpaired) electrons. The number of hydrogen-bond acceptors (Lipinski definition) is 1. The zero-order chi connectivity index (χ0) is 8.41. The Kier molecular flexibility index (Phi) is 12.2. The van der Waals surface area contributed by atoms with Crippen molar-refractivity contribution in [1.29, 1.82) is 5.26 Å². The highest BCUT2D eigenvalue weighted by Gasteiger charge is 1.80. The molecule has 0 spiro atoms. The Morgan fingerprint density at radius 3 is 2.40 bits per heavy atom. The second kappa shape index (κ2) is 10.6. The number of hydrogen-bond donors (Lipinski definition) is 0. The van der Waals surface area contributed by atoms with E-state index >= 15 is 0 Å². The standard InChI is InChI=1S/C7H9N.C2H4/c1-3-4-7(2)5-6-8;1-2/h3-4H,2,5H2,1H3;1-2H2/b4-3-;. The number of nitrogens with zero attached hydrogens (tertiary/aromatic N) is 1. The summed E-state index contributed by atoms with van der Waals surface area (Å²) in [6, 6.07) is 2.00. The molecule has 1 nitrogen and oxygen atoms in total. The van der Waals surface area contributed by atoms with Gasteiger partial charge in [0, 0.05) is 0 Å². The normalized spacial score (nSPS) is 7.60. The van der Waals surface area contributed by atoms with Crippen LogP contribution in [-0.2, 0) is 0 Å². The summed E-state index contributed by atoms with van der Waals surface area (Å²) >= 11 is 0. The van der Waals surface area contributed by atoms with Crippen LogP contribution in [-0.4, -0.2) is 0 Å². The van der Waals surface area contributed by atoms with E-state index < -0.39 is 0 Å². The fraction of sp³-hybridized carbons (Fsp3) is 0.222. The molecular formula is C9H13N. The molecule has 0 fully saturated rings. The van der Waals surface area contributed by atoms with Crippen LogP contribution in [0.5, 0.6) is 0 Å². The Bertz CT molecular complexity index is 149. The van der Waals surface area contributed by atoms with Crippen LogP contribution < -0.4 is 0 Å². The molecule has 0 unspecified atom stereocenters. The van der Waals surface area contributed by atoms with E-state index in [4.69, 9.17) is 5.26 Å². The van der Waals surface area contributed by atoms with Crippen LogP contribution in [0.15, 0.2) is 37.5 Å². The van der Waals surface area contributed by atoms with Gasteiger partial charge in [0.15, 0.2) is 0 Å². The molecule has 0 aliphatic heterocycles. The first-order chi connectivity index (χ1) is 4.81. The van der Waals surface area contributed by atoms with Gasteiger partial charge in [0.25, 0.3) is 0 Å². The summed E-state index contributed by atoms with van der Waals surface area (Å²) < 4.78 is 0. The Morgan fingerprint density at radius 2 is 2.10 bits per heavy atom. The average Bonchev–Trinajstić information content (AvgIpc) is 1.93. The zero-order valence-electron chi connectivity index (χ0n) is 6.43. The molecule has 0 saturated carbocycles. The lowest BCUT2D eigenvalue weighted by atomic mass is 10.2. The molecule has 0 aliphatic rings. The molecule has 0 aromatic carbocycles. The van der Waals surface area contributed by atoms with Crippen LogP contribution in [0.25, 0.3) is 0 Å². The fourth-order valence-corrected chi connectivity index (χ4v) is 0.396. The largest absolute Gasteiger partial charge is 0.198 e. The average molecular weight is 135 g/mol. The summed E-state index contributed by atoms with van der Waals surface area (Å²) in [4.78, 5) is 0.